The Morgan fingerprint density at radius 2 is 1.80 bits per heavy atom. The first-order chi connectivity index (χ1) is 9.63. The summed E-state index contributed by atoms with van der Waals surface area (Å²) in [6.07, 6.45) is 1.80. The number of aromatic nitrogens is 1. The number of carbonyl (C=O) groups is 1. The first-order valence-electron chi connectivity index (χ1n) is 5.97. The normalized spacial score (nSPS) is 10.7. The van der Waals surface area contributed by atoms with Gasteiger partial charge in [0.05, 0.1) is 0 Å². The van der Waals surface area contributed by atoms with Crippen molar-refractivity contribution in [3.63, 3.8) is 0 Å². The molecule has 1 amide bonds. The van der Waals surface area contributed by atoms with Gasteiger partial charge < -0.3 is 10.3 Å². The summed E-state index contributed by atoms with van der Waals surface area (Å²) in [6.45, 7) is 0. The van der Waals surface area contributed by atoms with Gasteiger partial charge in [0.1, 0.15) is 0 Å². The van der Waals surface area contributed by atoms with Crippen LogP contribution < -0.4 is 5.32 Å². The largest absolute Gasteiger partial charge is 0.361 e. The van der Waals surface area contributed by atoms with Crippen molar-refractivity contribution in [2.75, 3.05) is 5.32 Å². The Kier molecular flexibility index (Phi) is 3.38. The average Bonchev–Trinajstić information content (AvgIpc) is 2.85. The maximum absolute atomic E-state index is 12.3. The molecule has 3 aromatic rings. The summed E-state index contributed by atoms with van der Waals surface area (Å²) < 4.78 is 0. The SMILES string of the molecule is O=C(Nc1cc(Cl)cc(Cl)c1)c1cccc2[nH]ccc12. The van der Waals surface area contributed by atoms with Gasteiger partial charge in [-0.2, -0.15) is 0 Å². The van der Waals surface area contributed by atoms with Crippen LogP contribution in [0.2, 0.25) is 10.0 Å². The summed E-state index contributed by atoms with van der Waals surface area (Å²) in [6, 6.07) is 12.3. The number of benzene rings is 2. The van der Waals surface area contributed by atoms with Gasteiger partial charge in [0.25, 0.3) is 5.91 Å². The van der Waals surface area contributed by atoms with E-state index in [0.717, 1.165) is 10.9 Å². The molecular formula is C15H10Cl2N2O. The topological polar surface area (TPSA) is 44.9 Å². The van der Waals surface area contributed by atoms with Gasteiger partial charge in [-0.05, 0) is 36.4 Å². The van der Waals surface area contributed by atoms with Crippen molar-refractivity contribution in [1.82, 2.24) is 4.98 Å². The first-order valence-corrected chi connectivity index (χ1v) is 6.72. The highest BCUT2D eigenvalue weighted by Gasteiger charge is 2.11. The molecule has 2 aromatic carbocycles. The van der Waals surface area contributed by atoms with Gasteiger partial charge in [-0.3, -0.25) is 4.79 Å². The summed E-state index contributed by atoms with van der Waals surface area (Å²) >= 11 is 11.8. The minimum atomic E-state index is -0.200. The van der Waals surface area contributed by atoms with Crippen LogP contribution in [0.15, 0.2) is 48.7 Å². The van der Waals surface area contributed by atoms with E-state index in [1.807, 2.05) is 18.2 Å². The number of halogens is 2. The highest BCUT2D eigenvalue weighted by atomic mass is 35.5. The number of H-pyrrole nitrogens is 1. The quantitative estimate of drug-likeness (QED) is 0.706. The minimum absolute atomic E-state index is 0.200. The summed E-state index contributed by atoms with van der Waals surface area (Å²) in [5.74, 6) is -0.200. The Labute approximate surface area is 125 Å². The van der Waals surface area contributed by atoms with Gasteiger partial charge >= 0.3 is 0 Å². The Bertz CT molecular complexity index is 775. The molecule has 0 radical (unpaired) electrons. The van der Waals surface area contributed by atoms with Crippen molar-refractivity contribution in [1.29, 1.82) is 0 Å². The lowest BCUT2D eigenvalue weighted by Gasteiger charge is -2.07. The van der Waals surface area contributed by atoms with Crippen LogP contribution in [0.4, 0.5) is 5.69 Å². The molecule has 0 aliphatic rings. The van der Waals surface area contributed by atoms with Crippen molar-refractivity contribution < 1.29 is 4.79 Å². The number of nitrogens with one attached hydrogen (secondary N) is 2. The molecule has 5 heteroatoms. The van der Waals surface area contributed by atoms with Gasteiger partial charge in [-0.25, -0.2) is 0 Å². The second-order valence-electron chi connectivity index (χ2n) is 4.36. The highest BCUT2D eigenvalue weighted by molar-refractivity contribution is 6.35. The van der Waals surface area contributed by atoms with E-state index < -0.39 is 0 Å². The first kappa shape index (κ1) is 13.0. The molecule has 0 fully saturated rings. The molecule has 0 spiro atoms. The molecule has 1 aromatic heterocycles. The van der Waals surface area contributed by atoms with E-state index in [1.165, 1.54) is 0 Å². The molecule has 0 bridgehead atoms. The lowest BCUT2D eigenvalue weighted by molar-refractivity contribution is 0.102. The second kappa shape index (κ2) is 5.19. The van der Waals surface area contributed by atoms with E-state index >= 15 is 0 Å². The molecule has 0 unspecified atom stereocenters. The standard InChI is InChI=1S/C15H10Cl2N2O/c16-9-6-10(17)8-11(7-9)19-15(20)13-2-1-3-14-12(13)4-5-18-14/h1-8,18H,(H,19,20). The van der Waals surface area contributed by atoms with Gasteiger partial charge in [0.2, 0.25) is 0 Å². The average molecular weight is 305 g/mol. The molecule has 0 aliphatic heterocycles. The third-order valence-corrected chi connectivity index (χ3v) is 3.40. The molecule has 20 heavy (non-hydrogen) atoms. The maximum Gasteiger partial charge on any atom is 0.256 e. The zero-order valence-electron chi connectivity index (χ0n) is 10.3. The van der Waals surface area contributed by atoms with Crippen LogP contribution >= 0.6 is 23.2 Å². The number of rotatable bonds is 2. The Balaban J connectivity index is 1.95. The van der Waals surface area contributed by atoms with E-state index in [4.69, 9.17) is 23.2 Å². The predicted molar refractivity (Wildman–Crippen MR) is 82.7 cm³/mol. The third kappa shape index (κ3) is 2.50. The fraction of sp³-hybridized carbons (Fsp3) is 0. The van der Waals surface area contributed by atoms with E-state index in [-0.39, 0.29) is 5.91 Å². The molecule has 3 nitrogen and oxygen atoms in total. The van der Waals surface area contributed by atoms with Crippen molar-refractivity contribution in [3.05, 3.63) is 64.3 Å². The van der Waals surface area contributed by atoms with Crippen LogP contribution in [-0.2, 0) is 0 Å². The molecular weight excluding hydrogens is 295 g/mol. The number of carbonyl (C=O) groups excluding carboxylic acids is 1. The van der Waals surface area contributed by atoms with E-state index in [2.05, 4.69) is 10.3 Å². The van der Waals surface area contributed by atoms with Crippen molar-refractivity contribution in [2.45, 2.75) is 0 Å². The second-order valence-corrected chi connectivity index (χ2v) is 5.23. The number of fused-ring (bicyclic) bond motifs is 1. The summed E-state index contributed by atoms with van der Waals surface area (Å²) in [5.41, 5.74) is 2.08. The highest BCUT2D eigenvalue weighted by Crippen LogP contribution is 2.24. The fourth-order valence-electron chi connectivity index (χ4n) is 2.11. The lowest BCUT2D eigenvalue weighted by Crippen LogP contribution is -2.12. The summed E-state index contributed by atoms with van der Waals surface area (Å²) in [7, 11) is 0. The van der Waals surface area contributed by atoms with Crippen LogP contribution in [0.3, 0.4) is 0 Å². The predicted octanol–water partition coefficient (Wildman–Crippen LogP) is 4.73. The molecule has 0 aliphatic carbocycles. The zero-order valence-corrected chi connectivity index (χ0v) is 11.8. The molecule has 100 valence electrons. The minimum Gasteiger partial charge on any atom is -0.361 e. The molecule has 0 atom stereocenters. The lowest BCUT2D eigenvalue weighted by atomic mass is 10.1. The smallest absolute Gasteiger partial charge is 0.256 e. The van der Waals surface area contributed by atoms with Gasteiger partial charge in [-0.15, -0.1) is 0 Å². The van der Waals surface area contributed by atoms with Crippen LogP contribution in [0.25, 0.3) is 10.9 Å². The molecule has 2 N–H and O–H groups in total. The summed E-state index contributed by atoms with van der Waals surface area (Å²) in [4.78, 5) is 15.4. The van der Waals surface area contributed by atoms with Crippen LogP contribution in [-0.4, -0.2) is 10.9 Å². The van der Waals surface area contributed by atoms with Gasteiger partial charge in [0, 0.05) is 38.4 Å². The van der Waals surface area contributed by atoms with Crippen molar-refractivity contribution in [2.24, 2.45) is 0 Å². The van der Waals surface area contributed by atoms with Crippen molar-refractivity contribution in [3.8, 4) is 0 Å². The Morgan fingerprint density at radius 1 is 1.05 bits per heavy atom. The number of anilines is 1. The van der Waals surface area contributed by atoms with E-state index in [1.54, 1.807) is 30.5 Å². The fourth-order valence-corrected chi connectivity index (χ4v) is 2.63. The molecule has 0 saturated carbocycles. The van der Waals surface area contributed by atoms with Crippen LogP contribution in [0.1, 0.15) is 10.4 Å². The number of amides is 1. The monoisotopic (exact) mass is 304 g/mol. The number of hydrogen-bond donors (Lipinski definition) is 2. The Hall–Kier alpha value is -1.97. The zero-order chi connectivity index (χ0) is 14.1. The van der Waals surface area contributed by atoms with Gasteiger partial charge in [0.15, 0.2) is 0 Å². The van der Waals surface area contributed by atoms with E-state index in [9.17, 15) is 4.79 Å². The summed E-state index contributed by atoms with van der Waals surface area (Å²) in [5, 5.41) is 4.63. The molecule has 1 heterocycles. The van der Waals surface area contributed by atoms with E-state index in [0.29, 0.717) is 21.3 Å². The third-order valence-electron chi connectivity index (χ3n) is 2.96. The van der Waals surface area contributed by atoms with Gasteiger partial charge in [-0.1, -0.05) is 29.3 Å². The number of hydrogen-bond acceptors (Lipinski definition) is 1. The Morgan fingerprint density at radius 3 is 2.55 bits per heavy atom. The van der Waals surface area contributed by atoms with Crippen molar-refractivity contribution >= 4 is 45.7 Å². The van der Waals surface area contributed by atoms with Crippen LogP contribution in [0, 0.1) is 0 Å². The molecule has 0 saturated heterocycles. The van der Waals surface area contributed by atoms with Crippen LogP contribution in [0.5, 0.6) is 0 Å². The molecule has 3 rings (SSSR count). The number of aromatic amines is 1. The maximum atomic E-state index is 12.3.